The van der Waals surface area contributed by atoms with Crippen LogP contribution in [0.1, 0.15) is 11.1 Å². The fourth-order valence-electron chi connectivity index (χ4n) is 2.10. The molecule has 24 heavy (non-hydrogen) atoms. The number of ether oxygens (including phenoxy) is 1. The van der Waals surface area contributed by atoms with Gasteiger partial charge in [-0.05, 0) is 24.1 Å². The number of likely N-dealkylation sites (N-methyl/N-ethyl adjacent to an activating group) is 1. The van der Waals surface area contributed by atoms with E-state index in [0.717, 1.165) is 11.1 Å². The lowest BCUT2D eigenvalue weighted by atomic mass is 10.1. The van der Waals surface area contributed by atoms with Gasteiger partial charge in [0.2, 0.25) is 0 Å². The number of hydrogen-bond donors (Lipinski definition) is 0. The van der Waals surface area contributed by atoms with E-state index in [0.29, 0.717) is 6.54 Å². The molecule has 0 saturated carbocycles. The van der Waals surface area contributed by atoms with Gasteiger partial charge in [0.15, 0.2) is 6.61 Å². The van der Waals surface area contributed by atoms with E-state index in [9.17, 15) is 14.9 Å². The van der Waals surface area contributed by atoms with Crippen LogP contribution in [0.15, 0.2) is 42.5 Å². The van der Waals surface area contributed by atoms with E-state index in [-0.39, 0.29) is 29.0 Å². The van der Waals surface area contributed by atoms with Gasteiger partial charge in [-0.3, -0.25) is 14.9 Å². The number of nitrogens with zero attached hydrogens (tertiary/aromatic N) is 2. The molecule has 0 atom stereocenters. The van der Waals surface area contributed by atoms with Crippen LogP contribution in [0, 0.1) is 17.0 Å². The summed E-state index contributed by atoms with van der Waals surface area (Å²) in [5.74, 6) is 0.0209. The minimum Gasteiger partial charge on any atom is -0.482 e. The predicted molar refractivity (Wildman–Crippen MR) is 91.3 cm³/mol. The summed E-state index contributed by atoms with van der Waals surface area (Å²) in [6.07, 6.45) is 0. The van der Waals surface area contributed by atoms with Crippen LogP contribution in [0.3, 0.4) is 0 Å². The van der Waals surface area contributed by atoms with Crippen molar-refractivity contribution in [3.05, 3.63) is 68.7 Å². The molecular weight excluding hydrogens is 332 g/mol. The SMILES string of the molecule is Cc1ccccc1CN(C)C(=O)COc1ccc([N+](=O)[O-])cc1Cl. The average Bonchev–Trinajstić information content (AvgIpc) is 2.55. The number of carbonyl (C=O) groups excluding carboxylic acids is 1. The van der Waals surface area contributed by atoms with Gasteiger partial charge in [0.25, 0.3) is 11.6 Å². The van der Waals surface area contributed by atoms with Crippen LogP contribution < -0.4 is 4.74 Å². The molecule has 0 bridgehead atoms. The number of nitro benzene ring substituents is 1. The van der Waals surface area contributed by atoms with Gasteiger partial charge in [-0.15, -0.1) is 0 Å². The van der Waals surface area contributed by atoms with E-state index >= 15 is 0 Å². The van der Waals surface area contributed by atoms with Crippen molar-refractivity contribution >= 4 is 23.2 Å². The first kappa shape index (κ1) is 17.7. The molecule has 0 heterocycles. The minimum absolute atomic E-state index is 0.0959. The van der Waals surface area contributed by atoms with Crippen LogP contribution >= 0.6 is 11.6 Å². The van der Waals surface area contributed by atoms with Crippen LogP contribution in [0.2, 0.25) is 5.02 Å². The predicted octanol–water partition coefficient (Wildman–Crippen LogP) is 3.59. The van der Waals surface area contributed by atoms with Crippen molar-refractivity contribution in [1.82, 2.24) is 4.90 Å². The number of rotatable bonds is 6. The molecule has 0 aliphatic heterocycles. The molecule has 2 aromatic rings. The maximum absolute atomic E-state index is 12.2. The number of halogens is 1. The molecule has 126 valence electrons. The molecule has 2 rings (SSSR count). The Kier molecular flexibility index (Phi) is 5.76. The molecule has 0 unspecified atom stereocenters. The zero-order valence-electron chi connectivity index (χ0n) is 13.4. The van der Waals surface area contributed by atoms with E-state index in [2.05, 4.69) is 0 Å². The Hall–Kier alpha value is -2.60. The van der Waals surface area contributed by atoms with Gasteiger partial charge in [0, 0.05) is 25.7 Å². The molecule has 0 saturated heterocycles. The number of aryl methyl sites for hydroxylation is 1. The van der Waals surface area contributed by atoms with E-state index in [4.69, 9.17) is 16.3 Å². The molecule has 0 aromatic heterocycles. The number of carbonyl (C=O) groups is 1. The number of non-ortho nitro benzene ring substituents is 1. The minimum atomic E-state index is -0.545. The maximum Gasteiger partial charge on any atom is 0.271 e. The quantitative estimate of drug-likeness (QED) is 0.590. The van der Waals surface area contributed by atoms with Crippen LogP contribution in [0.5, 0.6) is 5.75 Å². The fraction of sp³-hybridized carbons (Fsp3) is 0.235. The number of benzene rings is 2. The molecule has 7 heteroatoms. The van der Waals surface area contributed by atoms with Gasteiger partial charge in [0.1, 0.15) is 5.75 Å². The van der Waals surface area contributed by atoms with Crippen molar-refractivity contribution in [1.29, 1.82) is 0 Å². The molecule has 0 aliphatic carbocycles. The Morgan fingerprint density at radius 1 is 1.29 bits per heavy atom. The molecule has 0 radical (unpaired) electrons. The summed E-state index contributed by atoms with van der Waals surface area (Å²) < 4.78 is 5.38. The Bertz CT molecular complexity index is 764. The third-order valence-electron chi connectivity index (χ3n) is 3.57. The first-order chi connectivity index (χ1) is 11.4. The molecular formula is C17H17ClN2O4. The zero-order chi connectivity index (χ0) is 17.7. The van der Waals surface area contributed by atoms with Gasteiger partial charge in [0.05, 0.1) is 9.95 Å². The average molecular weight is 349 g/mol. The van der Waals surface area contributed by atoms with Gasteiger partial charge < -0.3 is 9.64 Å². The Labute approximate surface area is 144 Å². The summed E-state index contributed by atoms with van der Waals surface area (Å²) >= 11 is 5.93. The highest BCUT2D eigenvalue weighted by molar-refractivity contribution is 6.32. The van der Waals surface area contributed by atoms with Crippen LogP contribution in [-0.2, 0) is 11.3 Å². The van der Waals surface area contributed by atoms with Gasteiger partial charge >= 0.3 is 0 Å². The Morgan fingerprint density at radius 3 is 2.62 bits per heavy atom. The largest absolute Gasteiger partial charge is 0.482 e. The summed E-state index contributed by atoms with van der Waals surface area (Å²) in [5.41, 5.74) is 2.04. The lowest BCUT2D eigenvalue weighted by Gasteiger charge is -2.19. The molecule has 0 aliphatic rings. The van der Waals surface area contributed by atoms with E-state index < -0.39 is 4.92 Å². The zero-order valence-corrected chi connectivity index (χ0v) is 14.1. The highest BCUT2D eigenvalue weighted by Gasteiger charge is 2.14. The van der Waals surface area contributed by atoms with E-state index in [1.165, 1.54) is 18.2 Å². The molecule has 1 amide bonds. The highest BCUT2D eigenvalue weighted by atomic mass is 35.5. The lowest BCUT2D eigenvalue weighted by molar-refractivity contribution is -0.384. The van der Waals surface area contributed by atoms with Gasteiger partial charge in [-0.2, -0.15) is 0 Å². The third kappa shape index (κ3) is 4.45. The van der Waals surface area contributed by atoms with Crippen molar-refractivity contribution < 1.29 is 14.5 Å². The second-order valence-corrected chi connectivity index (χ2v) is 5.74. The first-order valence-corrected chi connectivity index (χ1v) is 7.61. The molecule has 2 aromatic carbocycles. The van der Waals surface area contributed by atoms with Gasteiger partial charge in [-0.1, -0.05) is 35.9 Å². The molecule has 0 fully saturated rings. The fourth-order valence-corrected chi connectivity index (χ4v) is 2.33. The molecule has 6 nitrogen and oxygen atoms in total. The Morgan fingerprint density at radius 2 is 2.00 bits per heavy atom. The van der Waals surface area contributed by atoms with Crippen molar-refractivity contribution in [3.8, 4) is 5.75 Å². The summed E-state index contributed by atoms with van der Waals surface area (Å²) in [6.45, 7) is 2.27. The lowest BCUT2D eigenvalue weighted by Crippen LogP contribution is -2.31. The van der Waals surface area contributed by atoms with Crippen molar-refractivity contribution in [2.45, 2.75) is 13.5 Å². The summed E-state index contributed by atoms with van der Waals surface area (Å²) in [4.78, 5) is 23.8. The van der Waals surface area contributed by atoms with E-state index in [1.807, 2.05) is 31.2 Å². The number of hydrogen-bond acceptors (Lipinski definition) is 4. The smallest absolute Gasteiger partial charge is 0.271 e. The summed E-state index contributed by atoms with van der Waals surface area (Å²) in [5, 5.41) is 10.8. The Balaban J connectivity index is 1.95. The highest BCUT2D eigenvalue weighted by Crippen LogP contribution is 2.28. The number of amides is 1. The second kappa shape index (κ2) is 7.79. The number of nitro groups is 1. The topological polar surface area (TPSA) is 72.7 Å². The van der Waals surface area contributed by atoms with Crippen LogP contribution in [0.4, 0.5) is 5.69 Å². The molecule has 0 N–H and O–H groups in total. The summed E-state index contributed by atoms with van der Waals surface area (Å²) in [7, 11) is 1.69. The third-order valence-corrected chi connectivity index (χ3v) is 3.87. The van der Waals surface area contributed by atoms with Crippen molar-refractivity contribution in [3.63, 3.8) is 0 Å². The van der Waals surface area contributed by atoms with Crippen LogP contribution in [0.25, 0.3) is 0 Å². The first-order valence-electron chi connectivity index (χ1n) is 7.23. The van der Waals surface area contributed by atoms with Crippen molar-refractivity contribution in [2.24, 2.45) is 0 Å². The van der Waals surface area contributed by atoms with Crippen molar-refractivity contribution in [2.75, 3.05) is 13.7 Å². The monoisotopic (exact) mass is 348 g/mol. The maximum atomic E-state index is 12.2. The second-order valence-electron chi connectivity index (χ2n) is 5.34. The van der Waals surface area contributed by atoms with E-state index in [1.54, 1.807) is 11.9 Å². The summed E-state index contributed by atoms with van der Waals surface area (Å²) in [6, 6.07) is 11.7. The standard InChI is InChI=1S/C17H17ClN2O4/c1-12-5-3-4-6-13(12)10-19(2)17(21)11-24-16-8-7-14(20(22)23)9-15(16)18/h3-9H,10-11H2,1-2H3. The molecule has 0 spiro atoms. The van der Waals surface area contributed by atoms with Gasteiger partial charge in [-0.25, -0.2) is 0 Å². The normalized spacial score (nSPS) is 10.3. The van der Waals surface area contributed by atoms with Crippen LogP contribution in [-0.4, -0.2) is 29.4 Å².